The Labute approximate surface area is 168 Å². The van der Waals surface area contributed by atoms with Gasteiger partial charge in [-0.25, -0.2) is 8.42 Å². The van der Waals surface area contributed by atoms with Crippen LogP contribution in [0, 0.1) is 0 Å². The highest BCUT2D eigenvalue weighted by Gasteiger charge is 2.23. The highest BCUT2D eigenvalue weighted by atomic mass is 35.5. The number of sulfonamides is 1. The molecule has 0 spiro atoms. The van der Waals surface area contributed by atoms with E-state index in [0.717, 1.165) is 6.42 Å². The summed E-state index contributed by atoms with van der Waals surface area (Å²) in [5.74, 6) is -0.441. The molecule has 10 heteroatoms. The van der Waals surface area contributed by atoms with E-state index in [1.165, 1.54) is 23.5 Å². The monoisotopic (exact) mass is 422 g/mol. The average molecular weight is 423 g/mol. The van der Waals surface area contributed by atoms with Crippen molar-refractivity contribution in [2.45, 2.75) is 38.1 Å². The van der Waals surface area contributed by atoms with Crippen LogP contribution < -0.4 is 16.4 Å². The molecule has 0 saturated carbocycles. The molecule has 1 amide bonds. The molecule has 156 valence electrons. The molecule has 1 aromatic carbocycles. The number of nitrogens with one attached hydrogen (secondary N) is 2. The van der Waals surface area contributed by atoms with E-state index < -0.39 is 22.0 Å². The molecule has 0 fully saturated rings. The van der Waals surface area contributed by atoms with Gasteiger partial charge < -0.3 is 21.1 Å². The van der Waals surface area contributed by atoms with Gasteiger partial charge in [-0.05, 0) is 24.6 Å². The number of nitrogens with zero attached hydrogens (tertiary/aromatic N) is 1. The minimum Gasteiger partial charge on any atom is -0.383 e. The van der Waals surface area contributed by atoms with E-state index >= 15 is 0 Å². The summed E-state index contributed by atoms with van der Waals surface area (Å²) in [6, 6.07) is 3.81. The first-order valence-corrected chi connectivity index (χ1v) is 10.2. The van der Waals surface area contributed by atoms with Gasteiger partial charge >= 0.3 is 0 Å². The predicted octanol–water partition coefficient (Wildman–Crippen LogP) is 1.87. The van der Waals surface area contributed by atoms with Crippen LogP contribution in [-0.2, 0) is 19.6 Å². The smallest absolute Gasteiger partial charge is 0.243 e. The van der Waals surface area contributed by atoms with Crippen molar-refractivity contribution in [2.75, 3.05) is 44.0 Å². The summed E-state index contributed by atoms with van der Waals surface area (Å²) < 4.78 is 31.7. The van der Waals surface area contributed by atoms with E-state index in [-0.39, 0.29) is 23.9 Å². The van der Waals surface area contributed by atoms with Gasteiger partial charge in [0.25, 0.3) is 0 Å². The second-order valence-electron chi connectivity index (χ2n) is 5.77. The molecule has 1 rings (SSSR count). The van der Waals surface area contributed by atoms with Gasteiger partial charge in [0.05, 0.1) is 22.9 Å². The predicted molar refractivity (Wildman–Crippen MR) is 111 cm³/mol. The number of anilines is 2. The Balaban J connectivity index is 0.00000676. The van der Waals surface area contributed by atoms with Crippen LogP contribution in [0.1, 0.15) is 27.2 Å². The standard InChI is InChI=1S/C17H30N4O4S.ClH/c1-5-10-19-15-9-8-13(26(23,24)21(6-2)7-3)11-16(15)20-17(22)14(18)12-25-4;/h8-9,11,14,19H,5-7,10,12,18H2,1-4H3,(H,20,22);1H. The van der Waals surface area contributed by atoms with Crippen molar-refractivity contribution in [2.24, 2.45) is 5.73 Å². The van der Waals surface area contributed by atoms with Crippen LogP contribution in [0.15, 0.2) is 23.1 Å². The zero-order chi connectivity index (χ0) is 19.7. The molecular formula is C17H31ClN4O4S. The lowest BCUT2D eigenvalue weighted by atomic mass is 10.2. The number of carbonyl (C=O) groups is 1. The molecule has 0 bridgehead atoms. The third kappa shape index (κ3) is 6.93. The highest BCUT2D eigenvalue weighted by Crippen LogP contribution is 2.27. The Morgan fingerprint density at radius 2 is 1.85 bits per heavy atom. The van der Waals surface area contributed by atoms with Gasteiger partial charge in [-0.2, -0.15) is 4.31 Å². The fourth-order valence-electron chi connectivity index (χ4n) is 2.39. The first-order valence-electron chi connectivity index (χ1n) is 8.75. The van der Waals surface area contributed by atoms with Crippen LogP contribution in [0.25, 0.3) is 0 Å². The molecule has 0 saturated heterocycles. The molecule has 4 N–H and O–H groups in total. The van der Waals surface area contributed by atoms with E-state index in [2.05, 4.69) is 10.6 Å². The molecule has 0 aliphatic heterocycles. The number of rotatable bonds is 11. The number of hydrogen-bond acceptors (Lipinski definition) is 6. The largest absolute Gasteiger partial charge is 0.383 e. The number of methoxy groups -OCH3 is 1. The van der Waals surface area contributed by atoms with Gasteiger partial charge in [0.15, 0.2) is 0 Å². The van der Waals surface area contributed by atoms with Crippen molar-refractivity contribution in [3.8, 4) is 0 Å². The second-order valence-corrected chi connectivity index (χ2v) is 7.71. The van der Waals surface area contributed by atoms with Crippen molar-refractivity contribution < 1.29 is 17.9 Å². The number of nitrogens with two attached hydrogens (primary N) is 1. The molecule has 27 heavy (non-hydrogen) atoms. The van der Waals surface area contributed by atoms with Crippen LogP contribution in [-0.4, -0.2) is 58.0 Å². The van der Waals surface area contributed by atoms with Crippen molar-refractivity contribution in [3.05, 3.63) is 18.2 Å². The third-order valence-electron chi connectivity index (χ3n) is 3.84. The zero-order valence-corrected chi connectivity index (χ0v) is 18.0. The van der Waals surface area contributed by atoms with Crippen molar-refractivity contribution in [1.29, 1.82) is 0 Å². The quantitative estimate of drug-likeness (QED) is 0.501. The maximum atomic E-state index is 12.7. The molecule has 0 aromatic heterocycles. The summed E-state index contributed by atoms with van der Waals surface area (Å²) in [6.07, 6.45) is 0.885. The van der Waals surface area contributed by atoms with Crippen LogP contribution >= 0.6 is 12.4 Å². The maximum Gasteiger partial charge on any atom is 0.243 e. The number of halogens is 1. The van der Waals surface area contributed by atoms with Crippen LogP contribution in [0.4, 0.5) is 11.4 Å². The van der Waals surface area contributed by atoms with Gasteiger partial charge in [0.2, 0.25) is 15.9 Å². The molecule has 1 aromatic rings. The average Bonchev–Trinajstić information content (AvgIpc) is 2.61. The van der Waals surface area contributed by atoms with Crippen LogP contribution in [0.5, 0.6) is 0 Å². The molecule has 0 heterocycles. The Morgan fingerprint density at radius 1 is 1.22 bits per heavy atom. The number of carbonyl (C=O) groups excluding carboxylic acids is 1. The van der Waals surface area contributed by atoms with Crippen molar-refractivity contribution in [1.82, 2.24) is 4.31 Å². The van der Waals surface area contributed by atoms with Gasteiger partial charge in [-0.15, -0.1) is 12.4 Å². The van der Waals surface area contributed by atoms with E-state index in [9.17, 15) is 13.2 Å². The summed E-state index contributed by atoms with van der Waals surface area (Å²) >= 11 is 0. The first kappa shape index (κ1) is 25.6. The summed E-state index contributed by atoms with van der Waals surface area (Å²) in [7, 11) is -2.17. The lowest BCUT2D eigenvalue weighted by Crippen LogP contribution is -2.39. The third-order valence-corrected chi connectivity index (χ3v) is 5.89. The van der Waals surface area contributed by atoms with Crippen LogP contribution in [0.2, 0.25) is 0 Å². The number of ether oxygens (including phenoxy) is 1. The molecule has 0 radical (unpaired) electrons. The molecule has 1 atom stereocenters. The number of amides is 1. The zero-order valence-electron chi connectivity index (χ0n) is 16.3. The molecule has 0 aliphatic rings. The summed E-state index contributed by atoms with van der Waals surface area (Å²) in [5.41, 5.74) is 6.78. The van der Waals surface area contributed by atoms with Gasteiger partial charge in [-0.3, -0.25) is 4.79 Å². The molecular weight excluding hydrogens is 392 g/mol. The van der Waals surface area contributed by atoms with E-state index in [1.54, 1.807) is 19.9 Å². The van der Waals surface area contributed by atoms with Crippen molar-refractivity contribution >= 4 is 39.7 Å². The SMILES string of the molecule is CCCNc1ccc(S(=O)(=O)N(CC)CC)cc1NC(=O)C(N)COC.Cl. The fourth-order valence-corrected chi connectivity index (χ4v) is 3.88. The Morgan fingerprint density at radius 3 is 2.37 bits per heavy atom. The Hall–Kier alpha value is -1.39. The number of hydrogen-bond donors (Lipinski definition) is 3. The Kier molecular flexibility index (Phi) is 11.5. The van der Waals surface area contributed by atoms with Crippen LogP contribution in [0.3, 0.4) is 0 Å². The number of benzene rings is 1. The normalized spacial score (nSPS) is 12.4. The minimum absolute atomic E-state index is 0. The molecule has 1 unspecified atom stereocenters. The second kappa shape index (κ2) is 12.1. The molecule has 0 aliphatic carbocycles. The Bertz CT molecular complexity index is 696. The van der Waals surface area contributed by atoms with E-state index in [1.807, 2.05) is 6.92 Å². The lowest BCUT2D eigenvalue weighted by molar-refractivity contribution is -0.118. The maximum absolute atomic E-state index is 12.7. The summed E-state index contributed by atoms with van der Waals surface area (Å²) in [6.45, 7) is 7.08. The fraction of sp³-hybridized carbons (Fsp3) is 0.588. The van der Waals surface area contributed by atoms with E-state index in [4.69, 9.17) is 10.5 Å². The first-order chi connectivity index (χ1) is 12.3. The summed E-state index contributed by atoms with van der Waals surface area (Å²) in [4.78, 5) is 12.4. The van der Waals surface area contributed by atoms with Gasteiger partial charge in [-0.1, -0.05) is 20.8 Å². The van der Waals surface area contributed by atoms with Crippen molar-refractivity contribution in [3.63, 3.8) is 0 Å². The van der Waals surface area contributed by atoms with Gasteiger partial charge in [0.1, 0.15) is 6.04 Å². The highest BCUT2D eigenvalue weighted by molar-refractivity contribution is 7.89. The minimum atomic E-state index is -3.63. The molecule has 8 nitrogen and oxygen atoms in total. The van der Waals surface area contributed by atoms with Gasteiger partial charge in [0, 0.05) is 26.7 Å². The van der Waals surface area contributed by atoms with E-state index in [0.29, 0.717) is 31.0 Å². The lowest BCUT2D eigenvalue weighted by Gasteiger charge is -2.21. The summed E-state index contributed by atoms with van der Waals surface area (Å²) in [5, 5.41) is 5.88. The topological polar surface area (TPSA) is 114 Å².